The highest BCUT2D eigenvalue weighted by atomic mass is 16.6. The molecular weight excluding hydrogens is 338 g/mol. The van der Waals surface area contributed by atoms with Gasteiger partial charge < -0.3 is 14.5 Å². The van der Waals surface area contributed by atoms with Crippen molar-refractivity contribution in [3.8, 4) is 0 Å². The van der Waals surface area contributed by atoms with Crippen LogP contribution in [0.15, 0.2) is 18.2 Å². The smallest absolute Gasteiger partial charge is 0.273 e. The van der Waals surface area contributed by atoms with Crippen molar-refractivity contribution < 1.29 is 19.2 Å². The molecule has 3 rings (SSSR count). The van der Waals surface area contributed by atoms with Gasteiger partial charge >= 0.3 is 0 Å². The van der Waals surface area contributed by atoms with Gasteiger partial charge in [-0.25, -0.2) is 0 Å². The van der Waals surface area contributed by atoms with E-state index in [4.69, 9.17) is 4.74 Å². The number of carbonyl (C=O) groups excluding carboxylic acids is 2. The fourth-order valence-corrected chi connectivity index (χ4v) is 3.59. The Hall–Kier alpha value is -2.48. The van der Waals surface area contributed by atoms with Gasteiger partial charge in [0.05, 0.1) is 18.1 Å². The molecule has 2 saturated heterocycles. The minimum absolute atomic E-state index is 0.0479. The first-order valence-electron chi connectivity index (χ1n) is 8.89. The summed E-state index contributed by atoms with van der Waals surface area (Å²) in [6.07, 6.45) is 1.24. The van der Waals surface area contributed by atoms with Gasteiger partial charge in [0, 0.05) is 49.3 Å². The summed E-state index contributed by atoms with van der Waals surface area (Å²) in [4.78, 5) is 39.5. The second-order valence-corrected chi connectivity index (χ2v) is 6.71. The van der Waals surface area contributed by atoms with Crippen LogP contribution in [-0.4, -0.2) is 65.9 Å². The fourth-order valence-electron chi connectivity index (χ4n) is 3.59. The van der Waals surface area contributed by atoms with Crippen molar-refractivity contribution in [2.24, 2.45) is 5.92 Å². The molecule has 0 unspecified atom stereocenters. The topological polar surface area (TPSA) is 93.0 Å². The lowest BCUT2D eigenvalue weighted by atomic mass is 9.94. The molecule has 1 aromatic rings. The van der Waals surface area contributed by atoms with Gasteiger partial charge in [0.2, 0.25) is 5.91 Å². The van der Waals surface area contributed by atoms with E-state index in [-0.39, 0.29) is 23.4 Å². The molecule has 8 nitrogen and oxygen atoms in total. The minimum atomic E-state index is -0.473. The van der Waals surface area contributed by atoms with E-state index in [0.29, 0.717) is 63.4 Å². The van der Waals surface area contributed by atoms with Gasteiger partial charge in [-0.05, 0) is 25.8 Å². The van der Waals surface area contributed by atoms with Crippen molar-refractivity contribution in [1.82, 2.24) is 9.80 Å². The van der Waals surface area contributed by atoms with Gasteiger partial charge in [0.1, 0.15) is 0 Å². The van der Waals surface area contributed by atoms with Crippen LogP contribution in [0.2, 0.25) is 0 Å². The fraction of sp³-hybridized carbons (Fsp3) is 0.556. The highest BCUT2D eigenvalue weighted by Crippen LogP contribution is 2.25. The molecule has 140 valence electrons. The standard InChI is InChI=1S/C18H23N3O5/c1-13-15(3-2-4-16(13)21(24)25)18(23)19-7-5-14(6-8-19)17(22)20-9-11-26-12-10-20/h2-4,14H,5-12H2,1H3. The molecule has 0 aliphatic carbocycles. The number of benzene rings is 1. The molecule has 0 atom stereocenters. The van der Waals surface area contributed by atoms with E-state index >= 15 is 0 Å². The Kier molecular flexibility index (Phi) is 5.51. The number of ether oxygens (including phenoxy) is 1. The molecule has 0 bridgehead atoms. The highest BCUT2D eigenvalue weighted by Gasteiger charge is 2.32. The molecule has 2 aliphatic heterocycles. The number of rotatable bonds is 3. The largest absolute Gasteiger partial charge is 0.378 e. The quantitative estimate of drug-likeness (QED) is 0.602. The summed E-state index contributed by atoms with van der Waals surface area (Å²) in [5.74, 6) is -0.126. The molecule has 2 heterocycles. The first-order valence-corrected chi connectivity index (χ1v) is 8.89. The zero-order valence-corrected chi connectivity index (χ0v) is 14.8. The number of carbonyl (C=O) groups is 2. The third kappa shape index (κ3) is 3.70. The monoisotopic (exact) mass is 361 g/mol. The molecule has 26 heavy (non-hydrogen) atoms. The Labute approximate surface area is 151 Å². The lowest BCUT2D eigenvalue weighted by Crippen LogP contribution is -2.47. The summed E-state index contributed by atoms with van der Waals surface area (Å²) in [5, 5.41) is 11.1. The second kappa shape index (κ2) is 7.82. The van der Waals surface area contributed by atoms with Crippen LogP contribution in [0.1, 0.15) is 28.8 Å². The highest BCUT2D eigenvalue weighted by molar-refractivity contribution is 5.96. The van der Waals surface area contributed by atoms with E-state index in [0.717, 1.165) is 0 Å². The molecule has 0 N–H and O–H groups in total. The van der Waals surface area contributed by atoms with Crippen molar-refractivity contribution in [3.63, 3.8) is 0 Å². The molecule has 0 radical (unpaired) electrons. The number of likely N-dealkylation sites (tertiary alicyclic amines) is 1. The third-order valence-corrected chi connectivity index (χ3v) is 5.19. The number of hydrogen-bond acceptors (Lipinski definition) is 5. The van der Waals surface area contributed by atoms with E-state index in [1.807, 2.05) is 4.90 Å². The van der Waals surface area contributed by atoms with E-state index in [2.05, 4.69) is 0 Å². The summed E-state index contributed by atoms with van der Waals surface area (Å²) >= 11 is 0. The molecule has 2 amide bonds. The van der Waals surface area contributed by atoms with Crippen molar-refractivity contribution in [2.45, 2.75) is 19.8 Å². The second-order valence-electron chi connectivity index (χ2n) is 6.71. The van der Waals surface area contributed by atoms with Gasteiger partial charge in [-0.15, -0.1) is 0 Å². The summed E-state index contributed by atoms with van der Waals surface area (Å²) in [6, 6.07) is 4.56. The number of piperidine rings is 1. The summed E-state index contributed by atoms with van der Waals surface area (Å²) in [6.45, 7) is 4.99. The Balaban J connectivity index is 1.63. The van der Waals surface area contributed by atoms with Crippen LogP contribution >= 0.6 is 0 Å². The van der Waals surface area contributed by atoms with Crippen LogP contribution in [0.25, 0.3) is 0 Å². The van der Waals surface area contributed by atoms with Crippen molar-refractivity contribution in [3.05, 3.63) is 39.4 Å². The number of nitro benzene ring substituents is 1. The van der Waals surface area contributed by atoms with Crippen LogP contribution < -0.4 is 0 Å². The van der Waals surface area contributed by atoms with Crippen molar-refractivity contribution in [1.29, 1.82) is 0 Å². The molecule has 0 aromatic heterocycles. The van der Waals surface area contributed by atoms with E-state index in [1.54, 1.807) is 17.9 Å². The number of amides is 2. The molecular formula is C18H23N3O5. The SMILES string of the molecule is Cc1c(C(=O)N2CCC(C(=O)N3CCOCC3)CC2)cccc1[N+](=O)[O-]. The molecule has 2 aliphatic rings. The van der Waals surface area contributed by atoms with E-state index in [9.17, 15) is 19.7 Å². The van der Waals surface area contributed by atoms with Gasteiger partial charge in [-0.2, -0.15) is 0 Å². The average Bonchev–Trinajstić information content (AvgIpc) is 2.67. The van der Waals surface area contributed by atoms with Gasteiger partial charge in [0.15, 0.2) is 0 Å². The first-order chi connectivity index (χ1) is 12.5. The average molecular weight is 361 g/mol. The summed E-state index contributed by atoms with van der Waals surface area (Å²) in [5.41, 5.74) is 0.694. The Morgan fingerprint density at radius 1 is 1.12 bits per heavy atom. The lowest BCUT2D eigenvalue weighted by molar-refractivity contribution is -0.385. The zero-order valence-electron chi connectivity index (χ0n) is 14.8. The predicted octanol–water partition coefficient (Wildman–Crippen LogP) is 1.61. The summed E-state index contributed by atoms with van der Waals surface area (Å²) in [7, 11) is 0. The maximum absolute atomic E-state index is 12.8. The zero-order chi connectivity index (χ0) is 18.7. The van der Waals surface area contributed by atoms with Crippen molar-refractivity contribution in [2.75, 3.05) is 39.4 Å². The van der Waals surface area contributed by atoms with Gasteiger partial charge in [-0.1, -0.05) is 6.07 Å². The van der Waals surface area contributed by atoms with Crippen LogP contribution in [-0.2, 0) is 9.53 Å². The molecule has 0 spiro atoms. The number of morpholine rings is 1. The maximum atomic E-state index is 12.8. The van der Waals surface area contributed by atoms with Crippen LogP contribution in [0.4, 0.5) is 5.69 Å². The third-order valence-electron chi connectivity index (χ3n) is 5.19. The number of nitrogens with zero attached hydrogens (tertiary/aromatic N) is 3. The molecule has 1 aromatic carbocycles. The Morgan fingerprint density at radius 3 is 2.38 bits per heavy atom. The van der Waals surface area contributed by atoms with Gasteiger partial charge in [0.25, 0.3) is 11.6 Å². The molecule has 8 heteroatoms. The summed E-state index contributed by atoms with van der Waals surface area (Å²) < 4.78 is 5.28. The van der Waals surface area contributed by atoms with Crippen LogP contribution in [0.5, 0.6) is 0 Å². The number of nitro groups is 1. The van der Waals surface area contributed by atoms with Crippen LogP contribution in [0.3, 0.4) is 0 Å². The Bertz CT molecular complexity index is 707. The first kappa shape index (κ1) is 18.3. The normalized spacial score (nSPS) is 18.7. The Morgan fingerprint density at radius 2 is 1.77 bits per heavy atom. The number of hydrogen-bond donors (Lipinski definition) is 0. The lowest BCUT2D eigenvalue weighted by Gasteiger charge is -2.35. The van der Waals surface area contributed by atoms with Crippen LogP contribution in [0, 0.1) is 23.0 Å². The van der Waals surface area contributed by atoms with E-state index in [1.165, 1.54) is 12.1 Å². The van der Waals surface area contributed by atoms with Crippen molar-refractivity contribution >= 4 is 17.5 Å². The van der Waals surface area contributed by atoms with E-state index < -0.39 is 4.92 Å². The molecule has 0 saturated carbocycles. The maximum Gasteiger partial charge on any atom is 0.273 e. The molecule has 2 fully saturated rings. The van der Waals surface area contributed by atoms with Gasteiger partial charge in [-0.3, -0.25) is 19.7 Å². The minimum Gasteiger partial charge on any atom is -0.378 e. The predicted molar refractivity (Wildman–Crippen MR) is 93.9 cm³/mol.